The van der Waals surface area contributed by atoms with E-state index in [1.165, 1.54) is 34.0 Å². The Balaban J connectivity index is 1.71. The van der Waals surface area contributed by atoms with E-state index >= 15 is 0 Å². The van der Waals surface area contributed by atoms with Gasteiger partial charge in [-0.15, -0.1) is 0 Å². The highest BCUT2D eigenvalue weighted by molar-refractivity contribution is 5.80. The zero-order valence-electron chi connectivity index (χ0n) is 14.4. The number of hydrogen-bond donors (Lipinski definition) is 1. The Hall–Kier alpha value is -3.45. The average Bonchev–Trinajstić information content (AvgIpc) is 2.75. The summed E-state index contributed by atoms with van der Waals surface area (Å²) in [4.78, 5) is 0. The van der Waals surface area contributed by atoms with Crippen molar-refractivity contribution in [2.75, 3.05) is 0 Å². The molecule has 124 valence electrons. The fraction of sp³-hybridized carbons (Fsp3) is 0. The highest BCUT2D eigenvalue weighted by atomic mass is 14.3. The Morgan fingerprint density at radius 2 is 0.846 bits per heavy atom. The van der Waals surface area contributed by atoms with E-state index in [0.29, 0.717) is 0 Å². The second kappa shape index (κ2) is 7.20. The second-order valence-electron chi connectivity index (χ2n) is 6.29. The van der Waals surface area contributed by atoms with Crippen LogP contribution in [0.1, 0.15) is 5.56 Å². The molecule has 0 aliphatic heterocycles. The minimum absolute atomic E-state index is 0.917. The molecule has 0 saturated heterocycles. The van der Waals surface area contributed by atoms with Gasteiger partial charge in [0.05, 0.1) is 0 Å². The van der Waals surface area contributed by atoms with Crippen molar-refractivity contribution in [3.8, 4) is 33.4 Å². The predicted octanol–water partition coefficient (Wildman–Crippen LogP) is 6.69. The van der Waals surface area contributed by atoms with Crippen molar-refractivity contribution >= 4 is 6.21 Å². The van der Waals surface area contributed by atoms with Crippen LogP contribution in [-0.2, 0) is 0 Å². The van der Waals surface area contributed by atoms with Crippen LogP contribution in [0.15, 0.2) is 103 Å². The van der Waals surface area contributed by atoms with E-state index in [-0.39, 0.29) is 0 Å². The molecule has 0 heterocycles. The molecule has 1 nitrogen and oxygen atoms in total. The molecule has 0 fully saturated rings. The lowest BCUT2D eigenvalue weighted by Crippen LogP contribution is -1.84. The third-order valence-electron chi connectivity index (χ3n) is 4.58. The van der Waals surface area contributed by atoms with Crippen molar-refractivity contribution in [2.45, 2.75) is 0 Å². The van der Waals surface area contributed by atoms with E-state index in [4.69, 9.17) is 5.41 Å². The van der Waals surface area contributed by atoms with Gasteiger partial charge in [0, 0.05) is 6.21 Å². The molecule has 4 aromatic rings. The van der Waals surface area contributed by atoms with Crippen molar-refractivity contribution < 1.29 is 0 Å². The van der Waals surface area contributed by atoms with Crippen LogP contribution in [0.4, 0.5) is 0 Å². The summed E-state index contributed by atoms with van der Waals surface area (Å²) in [5.41, 5.74) is 8.14. The van der Waals surface area contributed by atoms with Gasteiger partial charge < -0.3 is 5.41 Å². The van der Waals surface area contributed by atoms with Crippen LogP contribution in [0.2, 0.25) is 0 Å². The van der Waals surface area contributed by atoms with Crippen LogP contribution < -0.4 is 0 Å². The smallest absolute Gasteiger partial charge is 0.0250 e. The maximum atomic E-state index is 7.33. The van der Waals surface area contributed by atoms with Gasteiger partial charge in [-0.1, -0.05) is 91.0 Å². The quantitative estimate of drug-likeness (QED) is 0.402. The molecule has 1 N–H and O–H groups in total. The minimum atomic E-state index is 0.917. The zero-order valence-corrected chi connectivity index (χ0v) is 14.4. The van der Waals surface area contributed by atoms with Crippen LogP contribution in [-0.4, -0.2) is 6.21 Å². The topological polar surface area (TPSA) is 23.9 Å². The SMILES string of the molecule is N=Cc1ccc(-c2cccc(-c3cccc(-c4ccccc4)c3)c2)cc1. The Kier molecular flexibility index (Phi) is 4.44. The predicted molar refractivity (Wildman–Crippen MR) is 111 cm³/mol. The molecule has 0 amide bonds. The van der Waals surface area contributed by atoms with E-state index in [1.807, 2.05) is 18.2 Å². The molecule has 0 spiro atoms. The molecule has 4 aromatic carbocycles. The highest BCUT2D eigenvalue weighted by Gasteiger charge is 2.04. The van der Waals surface area contributed by atoms with Gasteiger partial charge in [0.2, 0.25) is 0 Å². The van der Waals surface area contributed by atoms with Crippen LogP contribution in [0.3, 0.4) is 0 Å². The van der Waals surface area contributed by atoms with Gasteiger partial charge in [0.1, 0.15) is 0 Å². The maximum absolute atomic E-state index is 7.33. The lowest BCUT2D eigenvalue weighted by Gasteiger charge is -2.09. The fourth-order valence-corrected chi connectivity index (χ4v) is 3.16. The van der Waals surface area contributed by atoms with E-state index in [0.717, 1.165) is 11.1 Å². The van der Waals surface area contributed by atoms with Crippen LogP contribution in [0.5, 0.6) is 0 Å². The van der Waals surface area contributed by atoms with E-state index in [1.54, 1.807) is 0 Å². The summed E-state index contributed by atoms with van der Waals surface area (Å²) in [5, 5.41) is 7.33. The highest BCUT2D eigenvalue weighted by Crippen LogP contribution is 2.29. The number of nitrogens with one attached hydrogen (secondary N) is 1. The molecule has 0 unspecified atom stereocenters. The summed E-state index contributed by atoms with van der Waals surface area (Å²) in [7, 11) is 0. The molecular weight excluding hydrogens is 314 g/mol. The molecule has 0 radical (unpaired) electrons. The third kappa shape index (κ3) is 3.33. The first kappa shape index (κ1) is 16.0. The Bertz CT molecular complexity index is 1030. The van der Waals surface area contributed by atoms with Crippen molar-refractivity contribution in [3.63, 3.8) is 0 Å². The maximum Gasteiger partial charge on any atom is 0.0250 e. The van der Waals surface area contributed by atoms with Crippen molar-refractivity contribution in [1.82, 2.24) is 0 Å². The largest absolute Gasteiger partial charge is 0.308 e. The Morgan fingerprint density at radius 3 is 1.35 bits per heavy atom. The molecule has 0 saturated carbocycles. The Morgan fingerprint density at radius 1 is 0.423 bits per heavy atom. The lowest BCUT2D eigenvalue weighted by atomic mass is 9.96. The summed E-state index contributed by atoms with van der Waals surface area (Å²) in [6, 6.07) is 35.8. The first-order chi connectivity index (χ1) is 12.8. The zero-order chi connectivity index (χ0) is 17.8. The molecule has 0 atom stereocenters. The summed E-state index contributed by atoms with van der Waals surface area (Å²) in [6.07, 6.45) is 1.37. The summed E-state index contributed by atoms with van der Waals surface area (Å²) in [5.74, 6) is 0. The first-order valence-corrected chi connectivity index (χ1v) is 8.70. The standard InChI is InChI=1S/C25H19N/c26-18-19-12-14-21(15-13-19)23-9-5-11-25(17-23)24-10-4-8-22(16-24)20-6-2-1-3-7-20/h1-18,26H. The second-order valence-corrected chi connectivity index (χ2v) is 6.29. The van der Waals surface area contributed by atoms with Crippen molar-refractivity contribution in [2.24, 2.45) is 0 Å². The van der Waals surface area contributed by atoms with Gasteiger partial charge in [-0.25, -0.2) is 0 Å². The van der Waals surface area contributed by atoms with Gasteiger partial charge in [0.25, 0.3) is 0 Å². The van der Waals surface area contributed by atoms with Gasteiger partial charge >= 0.3 is 0 Å². The van der Waals surface area contributed by atoms with Gasteiger partial charge in [-0.2, -0.15) is 0 Å². The molecular formula is C25H19N. The molecule has 0 aromatic heterocycles. The van der Waals surface area contributed by atoms with Crippen molar-refractivity contribution in [1.29, 1.82) is 5.41 Å². The van der Waals surface area contributed by atoms with Gasteiger partial charge in [-0.3, -0.25) is 0 Å². The molecule has 0 bridgehead atoms. The third-order valence-corrected chi connectivity index (χ3v) is 4.58. The van der Waals surface area contributed by atoms with Crippen LogP contribution >= 0.6 is 0 Å². The summed E-state index contributed by atoms with van der Waals surface area (Å²) < 4.78 is 0. The molecule has 0 aliphatic rings. The van der Waals surface area contributed by atoms with E-state index in [9.17, 15) is 0 Å². The minimum Gasteiger partial charge on any atom is -0.308 e. The van der Waals surface area contributed by atoms with Crippen molar-refractivity contribution in [3.05, 3.63) is 109 Å². The van der Waals surface area contributed by atoms with E-state index in [2.05, 4.69) is 84.9 Å². The monoisotopic (exact) mass is 333 g/mol. The summed E-state index contributed by atoms with van der Waals surface area (Å²) in [6.45, 7) is 0. The Labute approximate surface area is 154 Å². The van der Waals surface area contributed by atoms with Crippen LogP contribution in [0.25, 0.3) is 33.4 Å². The molecule has 1 heteroatoms. The lowest BCUT2D eigenvalue weighted by molar-refractivity contribution is 1.53. The average molecular weight is 333 g/mol. The molecule has 26 heavy (non-hydrogen) atoms. The number of rotatable bonds is 4. The summed E-state index contributed by atoms with van der Waals surface area (Å²) >= 11 is 0. The molecule has 4 rings (SSSR count). The number of benzene rings is 4. The molecule has 0 aliphatic carbocycles. The fourth-order valence-electron chi connectivity index (χ4n) is 3.16. The van der Waals surface area contributed by atoms with Gasteiger partial charge in [0.15, 0.2) is 0 Å². The first-order valence-electron chi connectivity index (χ1n) is 8.70. The van der Waals surface area contributed by atoms with Gasteiger partial charge in [-0.05, 0) is 51.1 Å². The van der Waals surface area contributed by atoms with E-state index < -0.39 is 0 Å². The number of hydrogen-bond acceptors (Lipinski definition) is 1. The normalized spacial score (nSPS) is 10.5. The van der Waals surface area contributed by atoms with Crippen LogP contribution in [0, 0.1) is 5.41 Å².